The Morgan fingerprint density at radius 1 is 1.03 bits per heavy atom. The molecule has 180 valence electrons. The van der Waals surface area contributed by atoms with E-state index in [1.807, 2.05) is 62.9 Å². The summed E-state index contributed by atoms with van der Waals surface area (Å²) in [5.41, 5.74) is 2.64. The second-order valence-electron chi connectivity index (χ2n) is 9.96. The molecule has 0 radical (unpaired) electrons. The Morgan fingerprint density at radius 2 is 1.67 bits per heavy atom. The van der Waals surface area contributed by atoms with Crippen LogP contribution >= 0.6 is 11.6 Å². The molecule has 0 bridgehead atoms. The highest BCUT2D eigenvalue weighted by Crippen LogP contribution is 2.27. The number of benzene rings is 2. The highest BCUT2D eigenvalue weighted by Gasteiger charge is 2.27. The predicted octanol–water partition coefficient (Wildman–Crippen LogP) is 6.01. The molecule has 2 aromatic carbocycles. The van der Waals surface area contributed by atoms with E-state index in [9.17, 15) is 9.59 Å². The van der Waals surface area contributed by atoms with Crippen molar-refractivity contribution < 1.29 is 9.59 Å². The number of urea groups is 1. The molecule has 1 atom stereocenters. The molecule has 33 heavy (non-hydrogen) atoms. The van der Waals surface area contributed by atoms with E-state index in [-0.39, 0.29) is 29.4 Å². The van der Waals surface area contributed by atoms with E-state index in [1.165, 1.54) is 0 Å². The number of anilines is 2. The summed E-state index contributed by atoms with van der Waals surface area (Å²) in [6, 6.07) is 12.6. The smallest absolute Gasteiger partial charge is 0.318 e. The van der Waals surface area contributed by atoms with Crippen LogP contribution in [0.2, 0.25) is 5.02 Å². The van der Waals surface area contributed by atoms with Gasteiger partial charge < -0.3 is 20.4 Å². The van der Waals surface area contributed by atoms with Crippen molar-refractivity contribution in [2.75, 3.05) is 24.3 Å². The SMILES string of the molecule is CC(C)[C@H](C)N(Cc1cc(NC(=O)c2ccccc2Cl)ccc1N(C)C)C(=O)NC(C)(C)C. The molecule has 0 unspecified atom stereocenters. The van der Waals surface area contributed by atoms with Crippen LogP contribution < -0.4 is 15.5 Å². The third-order valence-corrected chi connectivity index (χ3v) is 5.81. The largest absolute Gasteiger partial charge is 0.377 e. The Morgan fingerprint density at radius 3 is 2.21 bits per heavy atom. The standard InChI is InChI=1S/C26H37ClN4O2/c1-17(2)18(3)31(25(33)29-26(4,5)6)16-19-15-20(13-14-23(19)30(7)8)28-24(32)21-11-9-10-12-22(21)27/h9-15,17-18H,16H2,1-8H3,(H,28,32)(H,29,33)/t18-/m0/s1. The molecule has 6 nitrogen and oxygen atoms in total. The molecule has 0 aliphatic rings. The minimum absolute atomic E-state index is 0.0173. The fraction of sp³-hybridized carbons (Fsp3) is 0.462. The summed E-state index contributed by atoms with van der Waals surface area (Å²) in [4.78, 5) is 29.8. The van der Waals surface area contributed by atoms with Crippen molar-refractivity contribution in [1.82, 2.24) is 10.2 Å². The zero-order valence-corrected chi connectivity index (χ0v) is 21.7. The van der Waals surface area contributed by atoms with E-state index in [1.54, 1.807) is 24.3 Å². The van der Waals surface area contributed by atoms with Gasteiger partial charge in [-0.1, -0.05) is 37.6 Å². The highest BCUT2D eigenvalue weighted by atomic mass is 35.5. The first-order valence-electron chi connectivity index (χ1n) is 11.2. The van der Waals surface area contributed by atoms with Crippen LogP contribution in [0.25, 0.3) is 0 Å². The van der Waals surface area contributed by atoms with E-state index >= 15 is 0 Å². The Hall–Kier alpha value is -2.73. The first-order chi connectivity index (χ1) is 15.3. The average Bonchev–Trinajstić information content (AvgIpc) is 2.70. The zero-order chi connectivity index (χ0) is 24.9. The van der Waals surface area contributed by atoms with Crippen LogP contribution in [-0.2, 0) is 6.54 Å². The van der Waals surface area contributed by atoms with Gasteiger partial charge in [-0.25, -0.2) is 4.79 Å². The van der Waals surface area contributed by atoms with Gasteiger partial charge in [0.2, 0.25) is 0 Å². The lowest BCUT2D eigenvalue weighted by molar-refractivity contribution is 0.102. The molecule has 3 amide bonds. The van der Waals surface area contributed by atoms with Gasteiger partial charge in [-0.15, -0.1) is 0 Å². The number of hydrogen-bond acceptors (Lipinski definition) is 3. The Bertz CT molecular complexity index is 982. The van der Waals surface area contributed by atoms with Gasteiger partial charge in [-0.05, 0) is 69.5 Å². The van der Waals surface area contributed by atoms with Crippen LogP contribution in [0.5, 0.6) is 0 Å². The van der Waals surface area contributed by atoms with Crippen molar-refractivity contribution in [3.05, 3.63) is 58.6 Å². The van der Waals surface area contributed by atoms with E-state index in [0.29, 0.717) is 22.8 Å². The third kappa shape index (κ3) is 7.39. The predicted molar refractivity (Wildman–Crippen MR) is 138 cm³/mol. The number of hydrogen-bond donors (Lipinski definition) is 2. The molecular formula is C26H37ClN4O2. The maximum atomic E-state index is 13.2. The Kier molecular flexibility index (Phi) is 8.78. The van der Waals surface area contributed by atoms with Gasteiger partial charge in [-0.2, -0.15) is 0 Å². The lowest BCUT2D eigenvalue weighted by atomic mass is 10.0. The molecule has 2 N–H and O–H groups in total. The number of carbonyl (C=O) groups is 2. The van der Waals surface area contributed by atoms with Crippen molar-refractivity contribution in [3.8, 4) is 0 Å². The Balaban J connectivity index is 2.39. The number of amides is 3. The van der Waals surface area contributed by atoms with E-state index in [4.69, 9.17) is 11.6 Å². The molecule has 2 rings (SSSR count). The summed E-state index contributed by atoms with van der Waals surface area (Å²) in [7, 11) is 3.93. The van der Waals surface area contributed by atoms with Crippen molar-refractivity contribution in [1.29, 1.82) is 0 Å². The lowest BCUT2D eigenvalue weighted by Crippen LogP contribution is -2.52. The second kappa shape index (κ2) is 10.9. The van der Waals surface area contributed by atoms with Gasteiger partial charge in [0.15, 0.2) is 0 Å². The molecule has 0 aliphatic heterocycles. The van der Waals surface area contributed by atoms with E-state index in [0.717, 1.165) is 11.3 Å². The lowest BCUT2D eigenvalue weighted by Gasteiger charge is -2.35. The summed E-state index contributed by atoms with van der Waals surface area (Å²) in [5, 5.41) is 6.42. The fourth-order valence-corrected chi connectivity index (χ4v) is 3.63. The molecule has 7 heteroatoms. The summed E-state index contributed by atoms with van der Waals surface area (Å²) in [6.07, 6.45) is 0. The summed E-state index contributed by atoms with van der Waals surface area (Å²) >= 11 is 6.19. The number of rotatable bonds is 7. The molecule has 0 saturated carbocycles. The first kappa shape index (κ1) is 26.5. The van der Waals surface area contributed by atoms with Crippen molar-refractivity contribution >= 4 is 34.9 Å². The van der Waals surface area contributed by atoms with Crippen LogP contribution in [-0.4, -0.2) is 42.5 Å². The van der Waals surface area contributed by atoms with Crippen molar-refractivity contribution in [2.45, 2.75) is 59.7 Å². The highest BCUT2D eigenvalue weighted by molar-refractivity contribution is 6.34. The number of carbonyl (C=O) groups excluding carboxylic acids is 2. The van der Waals surface area contributed by atoms with E-state index < -0.39 is 0 Å². The fourth-order valence-electron chi connectivity index (χ4n) is 3.41. The van der Waals surface area contributed by atoms with Gasteiger partial charge in [0.05, 0.1) is 10.6 Å². The monoisotopic (exact) mass is 472 g/mol. The summed E-state index contributed by atoms with van der Waals surface area (Å²) in [5.74, 6) is 0.00339. The first-order valence-corrected chi connectivity index (χ1v) is 11.6. The maximum Gasteiger partial charge on any atom is 0.318 e. The number of halogens is 1. The van der Waals surface area contributed by atoms with Gasteiger partial charge in [-0.3, -0.25) is 4.79 Å². The topological polar surface area (TPSA) is 64.7 Å². The van der Waals surface area contributed by atoms with Crippen LogP contribution in [0.3, 0.4) is 0 Å². The molecule has 0 aromatic heterocycles. The van der Waals surface area contributed by atoms with Crippen LogP contribution in [0.1, 0.15) is 57.5 Å². The normalized spacial score (nSPS) is 12.3. The zero-order valence-electron chi connectivity index (χ0n) is 21.0. The van der Waals surface area contributed by atoms with Crippen LogP contribution in [0.15, 0.2) is 42.5 Å². The van der Waals surface area contributed by atoms with Crippen LogP contribution in [0, 0.1) is 5.92 Å². The third-order valence-electron chi connectivity index (χ3n) is 5.48. The molecule has 0 heterocycles. The molecule has 0 spiro atoms. The van der Waals surface area contributed by atoms with Crippen LogP contribution in [0.4, 0.5) is 16.2 Å². The van der Waals surface area contributed by atoms with Gasteiger partial charge in [0.25, 0.3) is 5.91 Å². The minimum Gasteiger partial charge on any atom is -0.377 e. The molecular weight excluding hydrogens is 436 g/mol. The summed E-state index contributed by atoms with van der Waals surface area (Å²) in [6.45, 7) is 12.6. The molecule has 0 aliphatic carbocycles. The molecule has 0 fully saturated rings. The van der Waals surface area contributed by atoms with E-state index in [2.05, 4.69) is 31.4 Å². The quantitative estimate of drug-likeness (QED) is 0.518. The van der Waals surface area contributed by atoms with Crippen molar-refractivity contribution in [2.24, 2.45) is 5.92 Å². The number of nitrogens with zero attached hydrogens (tertiary/aromatic N) is 2. The van der Waals surface area contributed by atoms with Gasteiger partial charge in [0.1, 0.15) is 0 Å². The molecule has 0 saturated heterocycles. The average molecular weight is 473 g/mol. The minimum atomic E-state index is -0.346. The van der Waals surface area contributed by atoms with Gasteiger partial charge >= 0.3 is 6.03 Å². The maximum absolute atomic E-state index is 13.2. The summed E-state index contributed by atoms with van der Waals surface area (Å²) < 4.78 is 0. The Labute approximate surface area is 203 Å². The number of nitrogens with one attached hydrogen (secondary N) is 2. The molecule has 2 aromatic rings. The second-order valence-corrected chi connectivity index (χ2v) is 10.4. The van der Waals surface area contributed by atoms with Crippen molar-refractivity contribution in [3.63, 3.8) is 0 Å². The van der Waals surface area contributed by atoms with Gasteiger partial charge in [0, 0.05) is 43.6 Å².